The van der Waals surface area contributed by atoms with Crippen molar-refractivity contribution >= 4 is 27.9 Å². The minimum Gasteiger partial charge on any atom is -0.466 e. The first-order valence-corrected chi connectivity index (χ1v) is 7.81. The van der Waals surface area contributed by atoms with Crippen molar-refractivity contribution in [3.8, 4) is 0 Å². The van der Waals surface area contributed by atoms with Gasteiger partial charge in [0.05, 0.1) is 31.3 Å². The van der Waals surface area contributed by atoms with Crippen LogP contribution < -0.4 is 5.32 Å². The Labute approximate surface area is 143 Å². The quantitative estimate of drug-likeness (QED) is 0.817. The summed E-state index contributed by atoms with van der Waals surface area (Å²) >= 11 is 3.50. The molecule has 2 rings (SSSR count). The van der Waals surface area contributed by atoms with E-state index in [1.807, 2.05) is 24.3 Å². The number of benzene rings is 1. The summed E-state index contributed by atoms with van der Waals surface area (Å²) in [6.07, 6.45) is 0. The molecule has 0 unspecified atom stereocenters. The highest BCUT2D eigenvalue weighted by atomic mass is 79.9. The number of carbonyl (C=O) groups excluding carboxylic acids is 2. The Hall–Kier alpha value is -2.08. The Bertz CT molecular complexity index is 683. The van der Waals surface area contributed by atoms with Crippen LogP contribution in [-0.2, 0) is 19.1 Å². The molecule has 1 aliphatic rings. The molecule has 122 valence electrons. The van der Waals surface area contributed by atoms with E-state index in [4.69, 9.17) is 9.47 Å². The van der Waals surface area contributed by atoms with E-state index in [0.717, 1.165) is 10.0 Å². The van der Waals surface area contributed by atoms with Crippen LogP contribution in [0, 0.1) is 0 Å². The van der Waals surface area contributed by atoms with Crippen LogP contribution in [-0.4, -0.2) is 26.2 Å². The van der Waals surface area contributed by atoms with Gasteiger partial charge in [-0.3, -0.25) is 0 Å². The predicted molar refractivity (Wildman–Crippen MR) is 89.5 cm³/mol. The van der Waals surface area contributed by atoms with Crippen molar-refractivity contribution in [1.29, 1.82) is 0 Å². The number of dihydropyridines is 1. The number of allylic oxidation sites excluding steroid dienone is 2. The lowest BCUT2D eigenvalue weighted by atomic mass is 9.80. The Balaban J connectivity index is 2.73. The molecule has 0 bridgehead atoms. The summed E-state index contributed by atoms with van der Waals surface area (Å²) in [6, 6.07) is 7.46. The third-order valence-corrected chi connectivity index (χ3v) is 4.51. The van der Waals surface area contributed by atoms with E-state index in [2.05, 4.69) is 21.2 Å². The number of rotatable bonds is 3. The summed E-state index contributed by atoms with van der Waals surface area (Å²) in [5, 5.41) is 3.07. The van der Waals surface area contributed by atoms with E-state index in [1.165, 1.54) is 14.2 Å². The zero-order valence-corrected chi connectivity index (χ0v) is 15.0. The molecule has 0 atom stereocenters. The van der Waals surface area contributed by atoms with E-state index in [-0.39, 0.29) is 0 Å². The van der Waals surface area contributed by atoms with Crippen molar-refractivity contribution in [2.75, 3.05) is 14.2 Å². The monoisotopic (exact) mass is 379 g/mol. The van der Waals surface area contributed by atoms with Gasteiger partial charge in [-0.25, -0.2) is 9.59 Å². The fraction of sp³-hybridized carbons (Fsp3) is 0.294. The van der Waals surface area contributed by atoms with E-state index < -0.39 is 17.9 Å². The van der Waals surface area contributed by atoms with Crippen molar-refractivity contribution in [1.82, 2.24) is 5.32 Å². The van der Waals surface area contributed by atoms with Crippen LogP contribution >= 0.6 is 15.9 Å². The van der Waals surface area contributed by atoms with E-state index in [1.54, 1.807) is 13.8 Å². The molecular weight excluding hydrogens is 362 g/mol. The second kappa shape index (κ2) is 7.00. The van der Waals surface area contributed by atoms with Gasteiger partial charge in [0.1, 0.15) is 0 Å². The maximum Gasteiger partial charge on any atom is 0.336 e. The number of nitrogens with one attached hydrogen (secondary N) is 1. The average Bonchev–Trinajstić information content (AvgIpc) is 2.53. The van der Waals surface area contributed by atoms with Crippen LogP contribution in [0.3, 0.4) is 0 Å². The molecule has 0 spiro atoms. The van der Waals surface area contributed by atoms with Crippen molar-refractivity contribution in [2.45, 2.75) is 19.8 Å². The Morgan fingerprint density at radius 2 is 1.48 bits per heavy atom. The first kappa shape index (κ1) is 17.3. The predicted octanol–water partition coefficient (Wildman–Crippen LogP) is 3.03. The number of hydrogen-bond acceptors (Lipinski definition) is 5. The molecule has 0 radical (unpaired) electrons. The maximum atomic E-state index is 12.3. The number of ether oxygens (including phenoxy) is 2. The second-order valence-electron chi connectivity index (χ2n) is 5.14. The van der Waals surface area contributed by atoms with Crippen LogP contribution in [0.2, 0.25) is 0 Å². The van der Waals surface area contributed by atoms with Gasteiger partial charge in [0.2, 0.25) is 0 Å². The molecule has 1 heterocycles. The number of methoxy groups -OCH3 is 2. The van der Waals surface area contributed by atoms with Crippen LogP contribution in [0.5, 0.6) is 0 Å². The molecule has 0 aliphatic carbocycles. The Morgan fingerprint density at radius 3 is 1.91 bits per heavy atom. The SMILES string of the molecule is COC(=O)C1=C(C)NC(C)=C(C(=O)OC)C1c1ccccc1Br. The van der Waals surface area contributed by atoms with Crippen molar-refractivity contribution in [3.05, 3.63) is 56.8 Å². The maximum absolute atomic E-state index is 12.3. The summed E-state index contributed by atoms with van der Waals surface area (Å²) in [4.78, 5) is 24.7. The molecule has 0 saturated heterocycles. The smallest absolute Gasteiger partial charge is 0.336 e. The summed E-state index contributed by atoms with van der Waals surface area (Å²) in [5.41, 5.74) is 2.90. The second-order valence-corrected chi connectivity index (χ2v) is 5.99. The Morgan fingerprint density at radius 1 is 1.00 bits per heavy atom. The first-order chi connectivity index (χ1) is 10.9. The van der Waals surface area contributed by atoms with Crippen LogP contribution in [0.4, 0.5) is 0 Å². The fourth-order valence-electron chi connectivity index (χ4n) is 2.78. The topological polar surface area (TPSA) is 64.6 Å². The molecule has 6 heteroatoms. The van der Waals surface area contributed by atoms with Gasteiger partial charge in [0.25, 0.3) is 0 Å². The van der Waals surface area contributed by atoms with Crippen LogP contribution in [0.25, 0.3) is 0 Å². The zero-order chi connectivity index (χ0) is 17.1. The van der Waals surface area contributed by atoms with E-state index in [9.17, 15) is 9.59 Å². The lowest BCUT2D eigenvalue weighted by molar-refractivity contribution is -0.137. The molecule has 0 aromatic heterocycles. The minimum absolute atomic E-state index is 0.394. The molecule has 1 N–H and O–H groups in total. The fourth-order valence-corrected chi connectivity index (χ4v) is 3.29. The third-order valence-electron chi connectivity index (χ3n) is 3.79. The lowest BCUT2D eigenvalue weighted by Crippen LogP contribution is -2.32. The largest absolute Gasteiger partial charge is 0.466 e. The zero-order valence-electron chi connectivity index (χ0n) is 13.4. The number of halogens is 1. The highest BCUT2D eigenvalue weighted by Gasteiger charge is 2.38. The first-order valence-electron chi connectivity index (χ1n) is 7.02. The minimum atomic E-state index is -0.563. The molecule has 0 amide bonds. The summed E-state index contributed by atoms with van der Waals surface area (Å²) < 4.78 is 10.6. The van der Waals surface area contributed by atoms with Gasteiger partial charge >= 0.3 is 11.9 Å². The number of esters is 2. The van der Waals surface area contributed by atoms with Crippen molar-refractivity contribution in [2.24, 2.45) is 0 Å². The van der Waals surface area contributed by atoms with Gasteiger partial charge in [0.15, 0.2) is 0 Å². The van der Waals surface area contributed by atoms with E-state index in [0.29, 0.717) is 22.5 Å². The molecular formula is C17H18BrNO4. The van der Waals surface area contributed by atoms with Gasteiger partial charge < -0.3 is 14.8 Å². The van der Waals surface area contributed by atoms with Gasteiger partial charge in [-0.05, 0) is 25.5 Å². The highest BCUT2D eigenvalue weighted by Crippen LogP contribution is 2.41. The number of carbonyl (C=O) groups is 2. The van der Waals surface area contributed by atoms with Gasteiger partial charge in [-0.15, -0.1) is 0 Å². The summed E-state index contributed by atoms with van der Waals surface area (Å²) in [7, 11) is 2.64. The third kappa shape index (κ3) is 3.17. The van der Waals surface area contributed by atoms with Crippen molar-refractivity contribution in [3.63, 3.8) is 0 Å². The lowest BCUT2D eigenvalue weighted by Gasteiger charge is -2.30. The van der Waals surface area contributed by atoms with Crippen LogP contribution in [0.1, 0.15) is 25.3 Å². The normalized spacial score (nSPS) is 15.3. The molecule has 0 saturated carbocycles. The molecule has 1 aromatic carbocycles. The highest BCUT2D eigenvalue weighted by molar-refractivity contribution is 9.10. The van der Waals surface area contributed by atoms with Gasteiger partial charge in [-0.2, -0.15) is 0 Å². The molecule has 1 aliphatic heterocycles. The van der Waals surface area contributed by atoms with Gasteiger partial charge in [0, 0.05) is 15.9 Å². The number of hydrogen-bond donors (Lipinski definition) is 1. The van der Waals surface area contributed by atoms with E-state index >= 15 is 0 Å². The molecule has 1 aromatic rings. The molecule has 23 heavy (non-hydrogen) atoms. The average molecular weight is 380 g/mol. The summed E-state index contributed by atoms with van der Waals surface area (Å²) in [6.45, 7) is 3.57. The summed E-state index contributed by atoms with van der Waals surface area (Å²) in [5.74, 6) is -1.53. The Kier molecular flexibility index (Phi) is 5.26. The van der Waals surface area contributed by atoms with Crippen LogP contribution in [0.15, 0.2) is 51.3 Å². The van der Waals surface area contributed by atoms with Crippen molar-refractivity contribution < 1.29 is 19.1 Å². The van der Waals surface area contributed by atoms with Gasteiger partial charge in [-0.1, -0.05) is 34.1 Å². The molecule has 0 fully saturated rings. The standard InChI is InChI=1S/C17H18BrNO4/c1-9-13(16(20)22-3)15(11-7-5-6-8-12(11)18)14(10(2)19-9)17(21)23-4/h5-8,15,19H,1-4H3. The molecule has 5 nitrogen and oxygen atoms in total.